The number of para-hydroxylation sites is 1. The lowest BCUT2D eigenvalue weighted by molar-refractivity contribution is 0.438. The Bertz CT molecular complexity index is 3210. The van der Waals surface area contributed by atoms with E-state index in [9.17, 15) is 0 Å². The van der Waals surface area contributed by atoms with Crippen LogP contribution in [0, 0.1) is 0 Å². The highest BCUT2D eigenvalue weighted by atomic mass is 16.5. The van der Waals surface area contributed by atoms with Crippen molar-refractivity contribution in [2.75, 3.05) is 0 Å². The van der Waals surface area contributed by atoms with E-state index >= 15 is 0 Å². The van der Waals surface area contributed by atoms with Crippen molar-refractivity contribution in [2.45, 2.75) is 5.41 Å². The van der Waals surface area contributed by atoms with Crippen molar-refractivity contribution in [1.82, 2.24) is 9.97 Å². The minimum atomic E-state index is -0.616. The third-order valence-electron chi connectivity index (χ3n) is 12.1. The van der Waals surface area contributed by atoms with Crippen LogP contribution in [0.15, 0.2) is 206 Å². The van der Waals surface area contributed by atoms with Crippen LogP contribution in [0.4, 0.5) is 0 Å². The minimum absolute atomic E-state index is 0.616. The van der Waals surface area contributed by atoms with Gasteiger partial charge >= 0.3 is 0 Å². The highest BCUT2D eigenvalue weighted by Crippen LogP contribution is 2.63. The van der Waals surface area contributed by atoms with Crippen LogP contribution in [0.5, 0.6) is 11.5 Å². The van der Waals surface area contributed by atoms with Gasteiger partial charge in [0.25, 0.3) is 0 Å². The summed E-state index contributed by atoms with van der Waals surface area (Å²) >= 11 is 0. The van der Waals surface area contributed by atoms with Crippen LogP contribution >= 0.6 is 0 Å². The van der Waals surface area contributed by atoms with E-state index in [1.54, 1.807) is 0 Å². The maximum atomic E-state index is 7.19. The zero-order valence-electron chi connectivity index (χ0n) is 31.4. The molecule has 1 aromatic heterocycles. The van der Waals surface area contributed by atoms with Gasteiger partial charge in [0.2, 0.25) is 0 Å². The Labute approximate surface area is 336 Å². The van der Waals surface area contributed by atoms with Gasteiger partial charge in [-0.1, -0.05) is 176 Å². The predicted octanol–water partition coefficient (Wildman–Crippen LogP) is 13.9. The van der Waals surface area contributed by atoms with Crippen LogP contribution in [-0.2, 0) is 5.41 Å². The summed E-state index contributed by atoms with van der Waals surface area (Å²) in [7, 11) is 0. The van der Waals surface area contributed by atoms with Gasteiger partial charge in [-0.25, -0.2) is 9.97 Å². The average molecular weight is 739 g/mol. The molecule has 0 saturated carbocycles. The molecule has 270 valence electrons. The fraction of sp³-hybridized carbons (Fsp3) is 0.0182. The Balaban J connectivity index is 1.07. The molecule has 2 aliphatic rings. The fourth-order valence-corrected chi connectivity index (χ4v) is 9.46. The zero-order valence-corrected chi connectivity index (χ0v) is 31.4. The molecule has 0 fully saturated rings. The molecule has 12 rings (SSSR count). The number of aromatic nitrogens is 2. The molecule has 0 radical (unpaired) electrons. The normalized spacial score (nSPS) is 13.1. The lowest BCUT2D eigenvalue weighted by Crippen LogP contribution is -2.32. The zero-order chi connectivity index (χ0) is 38.2. The summed E-state index contributed by atoms with van der Waals surface area (Å²) in [5.74, 6) is 2.24. The van der Waals surface area contributed by atoms with Crippen molar-refractivity contribution in [2.24, 2.45) is 0 Å². The maximum Gasteiger partial charge on any atom is 0.164 e. The highest BCUT2D eigenvalue weighted by molar-refractivity contribution is 5.94. The third-order valence-corrected chi connectivity index (χ3v) is 12.1. The molecule has 9 aromatic carbocycles. The Kier molecular flexibility index (Phi) is 7.14. The van der Waals surface area contributed by atoms with Gasteiger partial charge in [-0.3, -0.25) is 0 Å². The standard InChI is InChI=1S/C55H34N2O/c1-2-14-37(15-3-1)50-34-51(38-28-25-36(26-29-38)42-30-27-35-13-4-5-16-39(35)31-42)57-54(56-50)45-21-12-24-48-53(45)58-52-33-41-18-7-6-17-40(41)32-49(52)55(48)46-22-10-8-19-43(46)44-20-9-11-23-47(44)55/h1-34H. The molecule has 58 heavy (non-hydrogen) atoms. The Morgan fingerprint density at radius 1 is 0.328 bits per heavy atom. The van der Waals surface area contributed by atoms with Gasteiger partial charge in [-0.15, -0.1) is 0 Å². The second-order valence-electron chi connectivity index (χ2n) is 15.3. The Hall–Kier alpha value is -7.62. The van der Waals surface area contributed by atoms with Gasteiger partial charge < -0.3 is 4.74 Å². The number of ether oxygens (including phenoxy) is 1. The Morgan fingerprint density at radius 3 is 1.55 bits per heavy atom. The van der Waals surface area contributed by atoms with Gasteiger partial charge in [0.1, 0.15) is 11.5 Å². The molecule has 0 unspecified atom stereocenters. The lowest BCUT2D eigenvalue weighted by atomic mass is 9.65. The number of benzene rings is 9. The van der Waals surface area contributed by atoms with Gasteiger partial charge in [0.15, 0.2) is 5.82 Å². The fourth-order valence-electron chi connectivity index (χ4n) is 9.46. The monoisotopic (exact) mass is 738 g/mol. The second-order valence-corrected chi connectivity index (χ2v) is 15.3. The van der Waals surface area contributed by atoms with Crippen molar-refractivity contribution in [3.63, 3.8) is 0 Å². The SMILES string of the molecule is c1ccc(-c2cc(-c3ccc(-c4ccc5ccccc5c4)cc3)nc(-c3cccc4c3Oc3cc5ccccc5cc3C43c4ccccc4-c4ccccc43)n2)cc1. The van der Waals surface area contributed by atoms with Gasteiger partial charge in [0, 0.05) is 22.3 Å². The van der Waals surface area contributed by atoms with E-state index in [2.05, 4.69) is 200 Å². The lowest BCUT2D eigenvalue weighted by Gasteiger charge is -2.40. The van der Waals surface area contributed by atoms with Crippen LogP contribution in [-0.4, -0.2) is 9.97 Å². The molecule has 2 heterocycles. The van der Waals surface area contributed by atoms with Crippen LogP contribution < -0.4 is 4.74 Å². The first-order valence-corrected chi connectivity index (χ1v) is 19.8. The first-order valence-electron chi connectivity index (χ1n) is 19.8. The van der Waals surface area contributed by atoms with Crippen LogP contribution in [0.2, 0.25) is 0 Å². The number of nitrogens with zero attached hydrogens (tertiary/aromatic N) is 2. The molecule has 1 aliphatic heterocycles. The quantitative estimate of drug-likeness (QED) is 0.180. The van der Waals surface area contributed by atoms with E-state index in [-0.39, 0.29) is 0 Å². The maximum absolute atomic E-state index is 7.19. The van der Waals surface area contributed by atoms with Crippen molar-refractivity contribution in [3.05, 3.63) is 229 Å². The smallest absolute Gasteiger partial charge is 0.164 e. The minimum Gasteiger partial charge on any atom is -0.456 e. The molecular weight excluding hydrogens is 705 g/mol. The molecule has 0 amide bonds. The molecule has 0 bridgehead atoms. The summed E-state index contributed by atoms with van der Waals surface area (Å²) in [5, 5.41) is 4.78. The number of fused-ring (bicyclic) bond motifs is 11. The van der Waals surface area contributed by atoms with E-state index < -0.39 is 5.41 Å². The average Bonchev–Trinajstić information content (AvgIpc) is 3.59. The molecule has 0 atom stereocenters. The van der Waals surface area contributed by atoms with E-state index in [0.29, 0.717) is 5.82 Å². The molecule has 3 heteroatoms. The summed E-state index contributed by atoms with van der Waals surface area (Å²) in [5.41, 5.74) is 13.5. The van der Waals surface area contributed by atoms with Crippen LogP contribution in [0.3, 0.4) is 0 Å². The summed E-state index contributed by atoms with van der Waals surface area (Å²) < 4.78 is 7.19. The summed E-state index contributed by atoms with van der Waals surface area (Å²) in [6.45, 7) is 0. The molecule has 1 spiro atoms. The number of rotatable bonds is 4. The van der Waals surface area contributed by atoms with E-state index in [0.717, 1.165) is 61.7 Å². The van der Waals surface area contributed by atoms with Crippen molar-refractivity contribution >= 4 is 21.5 Å². The van der Waals surface area contributed by atoms with E-state index in [4.69, 9.17) is 14.7 Å². The molecule has 10 aromatic rings. The third kappa shape index (κ3) is 4.87. The van der Waals surface area contributed by atoms with Crippen LogP contribution in [0.1, 0.15) is 22.3 Å². The Morgan fingerprint density at radius 2 is 0.845 bits per heavy atom. The first kappa shape index (κ1) is 32.6. The largest absolute Gasteiger partial charge is 0.456 e. The summed E-state index contributed by atoms with van der Waals surface area (Å²) in [6.07, 6.45) is 0. The molecule has 3 nitrogen and oxygen atoms in total. The van der Waals surface area contributed by atoms with Crippen molar-refractivity contribution < 1.29 is 4.74 Å². The summed E-state index contributed by atoms with van der Waals surface area (Å²) in [6, 6.07) is 73.7. The second kappa shape index (κ2) is 12.7. The van der Waals surface area contributed by atoms with Crippen molar-refractivity contribution in [1.29, 1.82) is 0 Å². The molecule has 1 aliphatic carbocycles. The first-order chi connectivity index (χ1) is 28.7. The summed E-state index contributed by atoms with van der Waals surface area (Å²) in [4.78, 5) is 10.7. The molecular formula is C55H34N2O. The van der Waals surface area contributed by atoms with Crippen molar-refractivity contribution in [3.8, 4) is 67.7 Å². The topological polar surface area (TPSA) is 35.0 Å². The molecule has 0 N–H and O–H groups in total. The van der Waals surface area contributed by atoms with Gasteiger partial charge in [-0.2, -0.15) is 0 Å². The number of hydrogen-bond donors (Lipinski definition) is 0. The predicted molar refractivity (Wildman–Crippen MR) is 236 cm³/mol. The van der Waals surface area contributed by atoms with E-state index in [1.165, 1.54) is 44.0 Å². The van der Waals surface area contributed by atoms with Gasteiger partial charge in [0.05, 0.1) is 22.4 Å². The van der Waals surface area contributed by atoms with Gasteiger partial charge in [-0.05, 0) is 85.3 Å². The molecule has 0 saturated heterocycles. The van der Waals surface area contributed by atoms with Crippen LogP contribution in [0.25, 0.3) is 77.7 Å². The van der Waals surface area contributed by atoms with E-state index in [1.807, 2.05) is 6.07 Å². The highest BCUT2D eigenvalue weighted by Gasteiger charge is 2.51. The number of hydrogen-bond acceptors (Lipinski definition) is 3.